The smallest absolute Gasteiger partial charge is 0.0583 e. The molecule has 1 saturated heterocycles. The van der Waals surface area contributed by atoms with E-state index in [9.17, 15) is 5.11 Å². The molecule has 3 fully saturated rings. The van der Waals surface area contributed by atoms with E-state index < -0.39 is 0 Å². The summed E-state index contributed by atoms with van der Waals surface area (Å²) in [6.07, 6.45) is 9.31. The van der Waals surface area contributed by atoms with E-state index in [0.29, 0.717) is 11.3 Å². The highest BCUT2D eigenvalue weighted by Gasteiger charge is 2.44. The number of hydrogen-bond donors (Lipinski definition) is 2. The second-order valence-corrected chi connectivity index (χ2v) is 7.35. The molecule has 0 aromatic heterocycles. The Morgan fingerprint density at radius 3 is 2.63 bits per heavy atom. The molecule has 2 aliphatic carbocycles. The fourth-order valence-corrected chi connectivity index (χ4v) is 5.00. The summed E-state index contributed by atoms with van der Waals surface area (Å²) in [7, 11) is 2.10. The molecule has 3 atom stereocenters. The second-order valence-electron chi connectivity index (χ2n) is 7.35. The minimum absolute atomic E-state index is 0.0124. The Balaban J connectivity index is 1.60. The van der Waals surface area contributed by atoms with Gasteiger partial charge in [-0.05, 0) is 44.1 Å². The molecule has 0 aromatic carbocycles. The molecule has 2 saturated carbocycles. The first-order valence-corrected chi connectivity index (χ1v) is 8.27. The maximum atomic E-state index is 10.1. The van der Waals surface area contributed by atoms with Gasteiger partial charge in [0.2, 0.25) is 0 Å². The highest BCUT2D eigenvalue weighted by molar-refractivity contribution is 4.96. The van der Waals surface area contributed by atoms with Gasteiger partial charge in [0.05, 0.1) is 6.10 Å². The van der Waals surface area contributed by atoms with Crippen LogP contribution in [0.5, 0.6) is 0 Å². The van der Waals surface area contributed by atoms with Gasteiger partial charge in [-0.25, -0.2) is 0 Å². The van der Waals surface area contributed by atoms with Crippen LogP contribution in [0.4, 0.5) is 0 Å². The molecule has 0 bridgehead atoms. The Hall–Kier alpha value is -0.120. The Labute approximate surface area is 117 Å². The van der Waals surface area contributed by atoms with Crippen molar-refractivity contribution in [2.45, 2.75) is 51.0 Å². The Morgan fingerprint density at radius 1 is 1.16 bits per heavy atom. The molecule has 0 radical (unpaired) electrons. The van der Waals surface area contributed by atoms with Crippen LogP contribution in [0.3, 0.4) is 0 Å². The first-order chi connectivity index (χ1) is 9.22. The third-order valence-electron chi connectivity index (χ3n) is 5.92. The first kappa shape index (κ1) is 13.8. The lowest BCUT2D eigenvalue weighted by molar-refractivity contribution is 0.0949. The van der Waals surface area contributed by atoms with Crippen molar-refractivity contribution in [3.63, 3.8) is 0 Å². The summed E-state index contributed by atoms with van der Waals surface area (Å²) in [4.78, 5) is 2.67. The van der Waals surface area contributed by atoms with Crippen molar-refractivity contribution in [3.8, 4) is 0 Å². The number of aliphatic hydroxyl groups is 1. The zero-order valence-electron chi connectivity index (χ0n) is 12.4. The Bertz CT molecular complexity index is 296. The van der Waals surface area contributed by atoms with Gasteiger partial charge in [-0.3, -0.25) is 0 Å². The SMILES string of the molecule is CNCC1(CN2CC3CCC(O)C3C2)CCCCC1. The van der Waals surface area contributed by atoms with E-state index in [1.165, 1.54) is 58.2 Å². The van der Waals surface area contributed by atoms with Crippen molar-refractivity contribution in [1.82, 2.24) is 10.2 Å². The van der Waals surface area contributed by atoms with Gasteiger partial charge in [-0.15, -0.1) is 0 Å². The van der Waals surface area contributed by atoms with Crippen LogP contribution in [-0.2, 0) is 0 Å². The number of hydrogen-bond acceptors (Lipinski definition) is 3. The quantitative estimate of drug-likeness (QED) is 0.815. The highest BCUT2D eigenvalue weighted by atomic mass is 16.3. The van der Waals surface area contributed by atoms with Crippen LogP contribution in [0.25, 0.3) is 0 Å². The molecular weight excluding hydrogens is 236 g/mol. The fraction of sp³-hybridized carbons (Fsp3) is 1.00. The Kier molecular flexibility index (Phi) is 4.16. The molecular formula is C16H30N2O. The molecule has 3 rings (SSSR count). The summed E-state index contributed by atoms with van der Waals surface area (Å²) in [5, 5.41) is 13.5. The van der Waals surface area contributed by atoms with Crippen LogP contribution in [0.15, 0.2) is 0 Å². The zero-order chi connectivity index (χ0) is 13.3. The number of nitrogens with one attached hydrogen (secondary N) is 1. The standard InChI is InChI=1S/C16H30N2O/c1-17-11-16(7-3-2-4-8-16)12-18-9-13-5-6-15(19)14(13)10-18/h13-15,17,19H,2-12H2,1H3. The minimum Gasteiger partial charge on any atom is -0.393 e. The molecule has 2 N–H and O–H groups in total. The van der Waals surface area contributed by atoms with Gasteiger partial charge in [-0.1, -0.05) is 19.3 Å². The second kappa shape index (κ2) is 5.71. The summed E-state index contributed by atoms with van der Waals surface area (Å²) < 4.78 is 0. The number of aliphatic hydroxyl groups excluding tert-OH is 1. The monoisotopic (exact) mass is 266 g/mol. The van der Waals surface area contributed by atoms with Crippen molar-refractivity contribution >= 4 is 0 Å². The molecule has 1 heterocycles. The maximum absolute atomic E-state index is 10.1. The lowest BCUT2D eigenvalue weighted by Crippen LogP contribution is -2.44. The van der Waals surface area contributed by atoms with Crippen LogP contribution in [0.1, 0.15) is 44.9 Å². The highest BCUT2D eigenvalue weighted by Crippen LogP contribution is 2.42. The van der Waals surface area contributed by atoms with E-state index in [2.05, 4.69) is 17.3 Å². The minimum atomic E-state index is -0.0124. The van der Waals surface area contributed by atoms with E-state index in [0.717, 1.165) is 18.9 Å². The third-order valence-corrected chi connectivity index (χ3v) is 5.92. The predicted octanol–water partition coefficient (Wildman–Crippen LogP) is 1.86. The largest absolute Gasteiger partial charge is 0.393 e. The van der Waals surface area contributed by atoms with Gasteiger partial charge in [0.15, 0.2) is 0 Å². The Morgan fingerprint density at radius 2 is 1.95 bits per heavy atom. The fourth-order valence-electron chi connectivity index (χ4n) is 5.00. The van der Waals surface area contributed by atoms with Gasteiger partial charge < -0.3 is 15.3 Å². The van der Waals surface area contributed by atoms with Crippen molar-refractivity contribution in [2.75, 3.05) is 33.2 Å². The van der Waals surface area contributed by atoms with Gasteiger partial charge in [0.1, 0.15) is 0 Å². The van der Waals surface area contributed by atoms with E-state index in [4.69, 9.17) is 0 Å². The predicted molar refractivity (Wildman–Crippen MR) is 78.1 cm³/mol. The summed E-state index contributed by atoms with van der Waals surface area (Å²) >= 11 is 0. The molecule has 0 spiro atoms. The van der Waals surface area contributed by atoms with Gasteiger partial charge in [0, 0.05) is 32.1 Å². The molecule has 0 amide bonds. The zero-order valence-corrected chi connectivity index (χ0v) is 12.4. The van der Waals surface area contributed by atoms with E-state index >= 15 is 0 Å². The maximum Gasteiger partial charge on any atom is 0.0583 e. The summed E-state index contributed by atoms with van der Waals surface area (Å²) in [5.74, 6) is 1.36. The average Bonchev–Trinajstić information content (AvgIpc) is 2.93. The summed E-state index contributed by atoms with van der Waals surface area (Å²) in [6, 6.07) is 0. The van der Waals surface area contributed by atoms with E-state index in [1.54, 1.807) is 0 Å². The van der Waals surface area contributed by atoms with Gasteiger partial charge >= 0.3 is 0 Å². The van der Waals surface area contributed by atoms with Crippen LogP contribution < -0.4 is 5.32 Å². The van der Waals surface area contributed by atoms with Crippen LogP contribution >= 0.6 is 0 Å². The molecule has 3 aliphatic rings. The van der Waals surface area contributed by atoms with Gasteiger partial charge in [-0.2, -0.15) is 0 Å². The lowest BCUT2D eigenvalue weighted by atomic mass is 9.73. The van der Waals surface area contributed by atoms with Crippen molar-refractivity contribution < 1.29 is 5.11 Å². The molecule has 3 heteroatoms. The lowest BCUT2D eigenvalue weighted by Gasteiger charge is -2.40. The molecule has 1 aliphatic heterocycles. The first-order valence-electron chi connectivity index (χ1n) is 8.27. The number of rotatable bonds is 4. The van der Waals surface area contributed by atoms with Crippen molar-refractivity contribution in [1.29, 1.82) is 0 Å². The molecule has 3 nitrogen and oxygen atoms in total. The van der Waals surface area contributed by atoms with Crippen molar-refractivity contribution in [3.05, 3.63) is 0 Å². The molecule has 110 valence electrons. The topological polar surface area (TPSA) is 35.5 Å². The number of fused-ring (bicyclic) bond motifs is 1. The molecule has 19 heavy (non-hydrogen) atoms. The van der Waals surface area contributed by atoms with Crippen LogP contribution in [0, 0.1) is 17.3 Å². The van der Waals surface area contributed by atoms with Crippen molar-refractivity contribution in [2.24, 2.45) is 17.3 Å². The number of likely N-dealkylation sites (tertiary alicyclic amines) is 1. The average molecular weight is 266 g/mol. The van der Waals surface area contributed by atoms with Gasteiger partial charge in [0.25, 0.3) is 0 Å². The van der Waals surface area contributed by atoms with E-state index in [-0.39, 0.29) is 6.10 Å². The number of nitrogens with zero attached hydrogens (tertiary/aromatic N) is 1. The molecule has 3 unspecified atom stereocenters. The molecule has 0 aromatic rings. The van der Waals surface area contributed by atoms with Crippen LogP contribution in [0.2, 0.25) is 0 Å². The van der Waals surface area contributed by atoms with Crippen LogP contribution in [-0.4, -0.2) is 49.3 Å². The summed E-state index contributed by atoms with van der Waals surface area (Å²) in [6.45, 7) is 4.82. The van der Waals surface area contributed by atoms with E-state index in [1.807, 2.05) is 0 Å². The summed E-state index contributed by atoms with van der Waals surface area (Å²) in [5.41, 5.74) is 0.511. The normalized spacial score (nSPS) is 38.5. The third kappa shape index (κ3) is 2.84.